The van der Waals surface area contributed by atoms with Gasteiger partial charge < -0.3 is 10.1 Å². The first-order valence-electron chi connectivity index (χ1n) is 8.90. The molecule has 148 valence electrons. The Kier molecular flexibility index (Phi) is 5.52. The van der Waals surface area contributed by atoms with Crippen LogP contribution in [0.2, 0.25) is 0 Å². The van der Waals surface area contributed by atoms with Gasteiger partial charge in [-0.05, 0) is 36.1 Å². The van der Waals surface area contributed by atoms with Gasteiger partial charge in [0.15, 0.2) is 0 Å². The average molecular weight is 437 g/mol. The number of nitrogens with one attached hydrogen (secondary N) is 1. The third-order valence-corrected chi connectivity index (χ3v) is 9.40. The van der Waals surface area contributed by atoms with Crippen LogP contribution in [0.5, 0.6) is 0 Å². The number of thiophene rings is 2. The monoisotopic (exact) mass is 436 g/mol. The first-order chi connectivity index (χ1) is 13.5. The van der Waals surface area contributed by atoms with E-state index in [0.29, 0.717) is 41.9 Å². The van der Waals surface area contributed by atoms with Crippen molar-refractivity contribution in [3.05, 3.63) is 51.7 Å². The highest BCUT2D eigenvalue weighted by atomic mass is 32.2. The predicted molar refractivity (Wildman–Crippen MR) is 112 cm³/mol. The molecular weight excluding hydrogens is 416 g/mol. The summed E-state index contributed by atoms with van der Waals surface area (Å²) in [5.41, 5.74) is 0.972. The molecule has 0 atom stereocenters. The fraction of sp³-hybridized carbons (Fsp3) is 0.316. The standard InChI is InChI=1S/C19H20N2O4S3/c1-13-15-4-2-3-5-16(15)27-18(13)19(22)20-12-14-6-7-17(26-14)28(23,24)21-8-10-25-11-9-21/h2-7H,8-12H2,1H3,(H,20,22). The largest absolute Gasteiger partial charge is 0.379 e. The Hall–Kier alpha value is -1.78. The van der Waals surface area contributed by atoms with E-state index in [-0.39, 0.29) is 5.91 Å². The van der Waals surface area contributed by atoms with Gasteiger partial charge in [-0.2, -0.15) is 4.31 Å². The second-order valence-corrected chi connectivity index (χ2v) is 10.9. The van der Waals surface area contributed by atoms with E-state index in [1.807, 2.05) is 31.2 Å². The minimum Gasteiger partial charge on any atom is -0.379 e. The number of rotatable bonds is 5. The van der Waals surface area contributed by atoms with Crippen LogP contribution in [0, 0.1) is 6.92 Å². The van der Waals surface area contributed by atoms with Crippen molar-refractivity contribution in [1.82, 2.24) is 9.62 Å². The molecule has 6 nitrogen and oxygen atoms in total. The maximum atomic E-state index is 12.7. The summed E-state index contributed by atoms with van der Waals surface area (Å²) in [5, 5.41) is 4.01. The number of ether oxygens (including phenoxy) is 1. The molecule has 3 aromatic rings. The molecule has 1 saturated heterocycles. The van der Waals surface area contributed by atoms with Gasteiger partial charge in [-0.25, -0.2) is 8.42 Å². The lowest BCUT2D eigenvalue weighted by molar-refractivity contribution is 0.0731. The number of carbonyl (C=O) groups excluding carboxylic acids is 1. The first kappa shape index (κ1) is 19.5. The van der Waals surface area contributed by atoms with Crippen LogP contribution >= 0.6 is 22.7 Å². The Bertz CT molecular complexity index is 1110. The Morgan fingerprint density at radius 1 is 1.14 bits per heavy atom. The molecule has 1 N–H and O–H groups in total. The lowest BCUT2D eigenvalue weighted by Crippen LogP contribution is -2.40. The summed E-state index contributed by atoms with van der Waals surface area (Å²) in [5.74, 6) is -0.135. The van der Waals surface area contributed by atoms with E-state index in [4.69, 9.17) is 4.74 Å². The highest BCUT2D eigenvalue weighted by Gasteiger charge is 2.27. The minimum absolute atomic E-state index is 0.135. The van der Waals surface area contributed by atoms with Crippen LogP contribution in [-0.2, 0) is 21.3 Å². The van der Waals surface area contributed by atoms with Gasteiger partial charge in [0.25, 0.3) is 15.9 Å². The zero-order valence-corrected chi connectivity index (χ0v) is 17.8. The SMILES string of the molecule is Cc1c(C(=O)NCc2ccc(S(=O)(=O)N3CCOCC3)s2)sc2ccccc12. The summed E-state index contributed by atoms with van der Waals surface area (Å²) in [6.07, 6.45) is 0. The number of nitrogens with zero attached hydrogens (tertiary/aromatic N) is 1. The lowest BCUT2D eigenvalue weighted by atomic mass is 10.1. The molecule has 1 amide bonds. The van der Waals surface area contributed by atoms with Crippen molar-refractivity contribution < 1.29 is 17.9 Å². The predicted octanol–water partition coefficient (Wildman–Crippen LogP) is 3.22. The van der Waals surface area contributed by atoms with E-state index in [2.05, 4.69) is 5.32 Å². The van der Waals surface area contributed by atoms with Crippen LogP contribution in [0.15, 0.2) is 40.6 Å². The van der Waals surface area contributed by atoms with Crippen molar-refractivity contribution in [2.45, 2.75) is 17.7 Å². The highest BCUT2D eigenvalue weighted by molar-refractivity contribution is 7.91. The maximum Gasteiger partial charge on any atom is 0.261 e. The van der Waals surface area contributed by atoms with Crippen LogP contribution in [0.25, 0.3) is 10.1 Å². The van der Waals surface area contributed by atoms with Crippen LogP contribution in [0.1, 0.15) is 20.1 Å². The molecule has 3 heterocycles. The van der Waals surface area contributed by atoms with Crippen LogP contribution in [0.3, 0.4) is 0 Å². The molecule has 0 saturated carbocycles. The highest BCUT2D eigenvalue weighted by Crippen LogP contribution is 2.31. The molecule has 28 heavy (non-hydrogen) atoms. The number of aryl methyl sites for hydroxylation is 1. The smallest absolute Gasteiger partial charge is 0.261 e. The topological polar surface area (TPSA) is 75.7 Å². The maximum absolute atomic E-state index is 12.7. The Morgan fingerprint density at radius 3 is 2.64 bits per heavy atom. The number of carbonyl (C=O) groups is 1. The van der Waals surface area contributed by atoms with Crippen molar-refractivity contribution in [3.63, 3.8) is 0 Å². The Morgan fingerprint density at radius 2 is 1.89 bits per heavy atom. The Balaban J connectivity index is 1.45. The van der Waals surface area contributed by atoms with Gasteiger partial charge in [0.1, 0.15) is 4.21 Å². The Labute approximate surface area is 171 Å². The average Bonchev–Trinajstić information content (AvgIpc) is 3.33. The molecule has 0 radical (unpaired) electrons. The molecule has 4 rings (SSSR count). The molecule has 0 spiro atoms. The van der Waals surface area contributed by atoms with Gasteiger partial charge in [0.05, 0.1) is 24.6 Å². The van der Waals surface area contributed by atoms with Crippen LogP contribution in [-0.4, -0.2) is 44.9 Å². The van der Waals surface area contributed by atoms with Gasteiger partial charge in [-0.3, -0.25) is 4.79 Å². The summed E-state index contributed by atoms with van der Waals surface area (Å²) in [6.45, 7) is 3.83. The van der Waals surface area contributed by atoms with Crippen LogP contribution < -0.4 is 5.32 Å². The van der Waals surface area contributed by atoms with Gasteiger partial charge in [0.2, 0.25) is 0 Å². The number of hydrogen-bond acceptors (Lipinski definition) is 6. The lowest BCUT2D eigenvalue weighted by Gasteiger charge is -2.25. The second-order valence-electron chi connectivity index (χ2n) is 6.47. The normalized spacial score (nSPS) is 15.8. The molecular formula is C19H20N2O4S3. The summed E-state index contributed by atoms with van der Waals surface area (Å²) in [4.78, 5) is 14.1. The van der Waals surface area contributed by atoms with Crippen molar-refractivity contribution in [3.8, 4) is 0 Å². The van der Waals surface area contributed by atoms with Crippen molar-refractivity contribution in [2.24, 2.45) is 0 Å². The molecule has 9 heteroatoms. The van der Waals surface area contributed by atoms with Gasteiger partial charge in [-0.15, -0.1) is 22.7 Å². The third kappa shape index (κ3) is 3.72. The molecule has 1 aliphatic heterocycles. The number of hydrogen-bond donors (Lipinski definition) is 1. The molecule has 0 unspecified atom stereocenters. The quantitative estimate of drug-likeness (QED) is 0.666. The fourth-order valence-electron chi connectivity index (χ4n) is 3.14. The summed E-state index contributed by atoms with van der Waals surface area (Å²) >= 11 is 2.67. The van der Waals surface area contributed by atoms with Gasteiger partial charge in [-0.1, -0.05) is 18.2 Å². The minimum atomic E-state index is -3.49. The van der Waals surface area contributed by atoms with E-state index in [0.717, 1.165) is 20.5 Å². The number of amides is 1. The second kappa shape index (κ2) is 7.92. The summed E-state index contributed by atoms with van der Waals surface area (Å²) in [7, 11) is -3.49. The summed E-state index contributed by atoms with van der Waals surface area (Å²) < 4.78 is 33.5. The fourth-order valence-corrected chi connectivity index (χ4v) is 7.13. The van der Waals surface area contributed by atoms with Crippen molar-refractivity contribution >= 4 is 48.7 Å². The zero-order chi connectivity index (χ0) is 19.7. The van der Waals surface area contributed by atoms with Crippen molar-refractivity contribution in [1.29, 1.82) is 0 Å². The molecule has 2 aromatic heterocycles. The zero-order valence-electron chi connectivity index (χ0n) is 15.3. The van der Waals surface area contributed by atoms with E-state index >= 15 is 0 Å². The molecule has 0 bridgehead atoms. The van der Waals surface area contributed by atoms with E-state index in [9.17, 15) is 13.2 Å². The number of morpholine rings is 1. The van der Waals surface area contributed by atoms with E-state index in [1.165, 1.54) is 27.0 Å². The van der Waals surface area contributed by atoms with Crippen molar-refractivity contribution in [2.75, 3.05) is 26.3 Å². The molecule has 1 fully saturated rings. The molecule has 0 aliphatic carbocycles. The molecule has 1 aliphatic rings. The van der Waals surface area contributed by atoms with E-state index < -0.39 is 10.0 Å². The number of sulfonamides is 1. The van der Waals surface area contributed by atoms with Gasteiger partial charge >= 0.3 is 0 Å². The van der Waals surface area contributed by atoms with Gasteiger partial charge in [0, 0.05) is 22.7 Å². The van der Waals surface area contributed by atoms with Crippen LogP contribution in [0.4, 0.5) is 0 Å². The third-order valence-electron chi connectivity index (χ3n) is 4.67. The van der Waals surface area contributed by atoms with E-state index in [1.54, 1.807) is 12.1 Å². The number of fused-ring (bicyclic) bond motifs is 1. The first-order valence-corrected chi connectivity index (χ1v) is 12.0. The molecule has 1 aromatic carbocycles. The number of benzene rings is 1. The summed E-state index contributed by atoms with van der Waals surface area (Å²) in [6, 6.07) is 11.3.